The van der Waals surface area contributed by atoms with E-state index < -0.39 is 0 Å². The lowest BCUT2D eigenvalue weighted by molar-refractivity contribution is 0.420. The largest absolute Gasteiger partial charge is 0.453 e. The smallest absolute Gasteiger partial charge is 0.169 e. The zero-order chi connectivity index (χ0) is 21.6. The second-order valence-corrected chi connectivity index (χ2v) is 7.38. The number of ether oxygens (including phenoxy) is 2. The molecule has 5 aromatic rings. The molecule has 0 saturated heterocycles. The van der Waals surface area contributed by atoms with Crippen LogP contribution in [-0.2, 0) is 0 Å². The molecule has 0 aromatic heterocycles. The Morgan fingerprint density at radius 2 is 0.594 bits per heavy atom. The maximum Gasteiger partial charge on any atom is 0.169 e. The third-order valence-electron chi connectivity index (χ3n) is 5.23. The number of hydrogen-bond donors (Lipinski definition) is 0. The standard InChI is InChI=1S/C30H22O2/c1-3-13-23(14-4-1)25-17-7-9-19-27(25)31-29-21-11-12-22-30(29)32-28-20-10-8-18-26(28)24-15-5-2-6-16-24/h1-22H. The summed E-state index contributed by atoms with van der Waals surface area (Å²) < 4.78 is 12.8. The van der Waals surface area contributed by atoms with Crippen LogP contribution < -0.4 is 9.47 Å². The topological polar surface area (TPSA) is 18.5 Å². The maximum absolute atomic E-state index is 6.39. The first-order chi connectivity index (χ1) is 15.9. The van der Waals surface area contributed by atoms with Gasteiger partial charge in [-0.3, -0.25) is 0 Å². The molecule has 0 N–H and O–H groups in total. The van der Waals surface area contributed by atoms with Gasteiger partial charge in [-0.15, -0.1) is 0 Å². The molecule has 0 aliphatic heterocycles. The molecule has 0 spiro atoms. The highest BCUT2D eigenvalue weighted by Gasteiger charge is 2.13. The van der Waals surface area contributed by atoms with Gasteiger partial charge in [0.25, 0.3) is 0 Å². The lowest BCUT2D eigenvalue weighted by Gasteiger charge is -2.16. The molecule has 0 amide bonds. The Hall–Kier alpha value is -4.30. The van der Waals surface area contributed by atoms with Crippen LogP contribution in [0.5, 0.6) is 23.0 Å². The summed E-state index contributed by atoms with van der Waals surface area (Å²) in [5.41, 5.74) is 4.28. The molecule has 0 aliphatic rings. The van der Waals surface area contributed by atoms with Gasteiger partial charge in [0.1, 0.15) is 11.5 Å². The van der Waals surface area contributed by atoms with E-state index in [0.717, 1.165) is 33.8 Å². The number of hydrogen-bond acceptors (Lipinski definition) is 2. The molecule has 0 bridgehead atoms. The predicted molar refractivity (Wildman–Crippen MR) is 130 cm³/mol. The summed E-state index contributed by atoms with van der Waals surface area (Å²) in [6.07, 6.45) is 0. The van der Waals surface area contributed by atoms with Crippen molar-refractivity contribution in [3.8, 4) is 45.3 Å². The van der Waals surface area contributed by atoms with Gasteiger partial charge < -0.3 is 9.47 Å². The molecule has 2 nitrogen and oxygen atoms in total. The summed E-state index contributed by atoms with van der Waals surface area (Å²) in [6, 6.07) is 44.4. The second kappa shape index (κ2) is 9.23. The van der Waals surface area contributed by atoms with Gasteiger partial charge in [0.2, 0.25) is 0 Å². The fourth-order valence-corrected chi connectivity index (χ4v) is 3.68. The zero-order valence-electron chi connectivity index (χ0n) is 17.5. The monoisotopic (exact) mass is 414 g/mol. The molecule has 5 rings (SSSR count). The summed E-state index contributed by atoms with van der Waals surface area (Å²) >= 11 is 0. The molecule has 0 fully saturated rings. The molecule has 2 heteroatoms. The molecule has 0 aliphatic carbocycles. The number of benzene rings is 5. The van der Waals surface area contributed by atoms with E-state index in [1.165, 1.54) is 0 Å². The second-order valence-electron chi connectivity index (χ2n) is 7.38. The first-order valence-corrected chi connectivity index (χ1v) is 10.6. The lowest BCUT2D eigenvalue weighted by atomic mass is 10.0. The first-order valence-electron chi connectivity index (χ1n) is 10.6. The Labute approximate surface area is 188 Å². The van der Waals surface area contributed by atoms with Crippen molar-refractivity contribution in [2.45, 2.75) is 0 Å². The van der Waals surface area contributed by atoms with Crippen molar-refractivity contribution in [1.29, 1.82) is 0 Å². The average Bonchev–Trinajstić information content (AvgIpc) is 2.87. The van der Waals surface area contributed by atoms with Crippen LogP contribution in [0.1, 0.15) is 0 Å². The summed E-state index contributed by atoms with van der Waals surface area (Å²) in [5, 5.41) is 0. The van der Waals surface area contributed by atoms with Crippen molar-refractivity contribution in [2.24, 2.45) is 0 Å². The molecular weight excluding hydrogens is 392 g/mol. The minimum Gasteiger partial charge on any atom is -0.453 e. The van der Waals surface area contributed by atoms with Crippen LogP contribution >= 0.6 is 0 Å². The summed E-state index contributed by atoms with van der Waals surface area (Å²) in [6.45, 7) is 0. The van der Waals surface area contributed by atoms with Gasteiger partial charge in [-0.1, -0.05) is 109 Å². The van der Waals surface area contributed by atoms with E-state index >= 15 is 0 Å². The Bertz CT molecular complexity index is 1210. The van der Waals surface area contributed by atoms with Crippen molar-refractivity contribution in [3.63, 3.8) is 0 Å². The molecule has 0 heterocycles. The molecule has 0 atom stereocenters. The van der Waals surface area contributed by atoms with E-state index in [4.69, 9.17) is 9.47 Å². The number of rotatable bonds is 6. The van der Waals surface area contributed by atoms with E-state index in [2.05, 4.69) is 36.4 Å². The molecule has 5 aromatic carbocycles. The van der Waals surface area contributed by atoms with E-state index in [9.17, 15) is 0 Å². The van der Waals surface area contributed by atoms with Crippen molar-refractivity contribution in [1.82, 2.24) is 0 Å². The van der Waals surface area contributed by atoms with Crippen LogP contribution in [0.4, 0.5) is 0 Å². The van der Waals surface area contributed by atoms with Crippen LogP contribution in [0.3, 0.4) is 0 Å². The molecule has 0 radical (unpaired) electrons. The highest BCUT2D eigenvalue weighted by Crippen LogP contribution is 2.40. The van der Waals surface area contributed by atoms with E-state index in [0.29, 0.717) is 11.5 Å². The fraction of sp³-hybridized carbons (Fsp3) is 0. The van der Waals surface area contributed by atoms with Gasteiger partial charge in [-0.05, 0) is 35.4 Å². The summed E-state index contributed by atoms with van der Waals surface area (Å²) in [5.74, 6) is 2.90. The van der Waals surface area contributed by atoms with Crippen LogP contribution in [0.15, 0.2) is 133 Å². The fourth-order valence-electron chi connectivity index (χ4n) is 3.68. The molecule has 0 saturated carbocycles. The summed E-state index contributed by atoms with van der Waals surface area (Å²) in [4.78, 5) is 0. The van der Waals surface area contributed by atoms with Gasteiger partial charge in [-0.2, -0.15) is 0 Å². The Balaban J connectivity index is 1.49. The van der Waals surface area contributed by atoms with Gasteiger partial charge >= 0.3 is 0 Å². The van der Waals surface area contributed by atoms with Crippen LogP contribution in [0.25, 0.3) is 22.3 Å². The van der Waals surface area contributed by atoms with E-state index in [1.54, 1.807) is 0 Å². The first kappa shape index (κ1) is 19.7. The third-order valence-corrected chi connectivity index (χ3v) is 5.23. The van der Waals surface area contributed by atoms with Gasteiger partial charge in [0.15, 0.2) is 11.5 Å². The highest BCUT2D eigenvalue weighted by atomic mass is 16.5. The quantitative estimate of drug-likeness (QED) is 0.277. The van der Waals surface area contributed by atoms with Crippen molar-refractivity contribution in [3.05, 3.63) is 133 Å². The van der Waals surface area contributed by atoms with Crippen molar-refractivity contribution >= 4 is 0 Å². The number of para-hydroxylation sites is 4. The minimum atomic E-state index is 0.666. The van der Waals surface area contributed by atoms with Crippen molar-refractivity contribution in [2.75, 3.05) is 0 Å². The highest BCUT2D eigenvalue weighted by molar-refractivity contribution is 5.72. The normalized spacial score (nSPS) is 10.5. The SMILES string of the molecule is c1ccc(-c2ccccc2Oc2ccccc2Oc2ccccc2-c2ccccc2)cc1. The van der Waals surface area contributed by atoms with Gasteiger partial charge in [0.05, 0.1) is 0 Å². The Morgan fingerprint density at radius 3 is 1.00 bits per heavy atom. The molecular formula is C30H22O2. The van der Waals surface area contributed by atoms with Gasteiger partial charge in [0, 0.05) is 11.1 Å². The lowest BCUT2D eigenvalue weighted by Crippen LogP contribution is -1.93. The van der Waals surface area contributed by atoms with E-state index in [-0.39, 0.29) is 0 Å². The molecule has 32 heavy (non-hydrogen) atoms. The average molecular weight is 415 g/mol. The summed E-state index contributed by atoms with van der Waals surface area (Å²) in [7, 11) is 0. The van der Waals surface area contributed by atoms with Crippen LogP contribution in [0, 0.1) is 0 Å². The maximum atomic E-state index is 6.39. The Morgan fingerprint density at radius 1 is 0.281 bits per heavy atom. The van der Waals surface area contributed by atoms with Crippen molar-refractivity contribution < 1.29 is 9.47 Å². The van der Waals surface area contributed by atoms with Gasteiger partial charge in [-0.25, -0.2) is 0 Å². The van der Waals surface area contributed by atoms with E-state index in [1.807, 2.05) is 97.1 Å². The zero-order valence-corrected chi connectivity index (χ0v) is 17.5. The molecule has 0 unspecified atom stereocenters. The van der Waals surface area contributed by atoms with Crippen LogP contribution in [0.2, 0.25) is 0 Å². The van der Waals surface area contributed by atoms with Crippen LogP contribution in [-0.4, -0.2) is 0 Å². The molecule has 154 valence electrons. The predicted octanol–water partition coefficient (Wildman–Crippen LogP) is 8.61. The third kappa shape index (κ3) is 4.26. The minimum absolute atomic E-state index is 0.666. The Kier molecular flexibility index (Phi) is 5.67.